The zero-order valence-corrected chi connectivity index (χ0v) is 10.5. The van der Waals surface area contributed by atoms with Crippen LogP contribution in [0, 0.1) is 0 Å². The molecule has 0 radical (unpaired) electrons. The molecular weight excluding hydrogens is 240 g/mol. The van der Waals surface area contributed by atoms with Gasteiger partial charge in [0.1, 0.15) is 22.9 Å². The van der Waals surface area contributed by atoms with Crippen molar-refractivity contribution < 1.29 is 4.74 Å². The van der Waals surface area contributed by atoms with Crippen LogP contribution < -0.4 is 4.90 Å². The average molecular weight is 255 g/mol. The van der Waals surface area contributed by atoms with Crippen molar-refractivity contribution in [2.75, 3.05) is 44.7 Å². The fourth-order valence-electron chi connectivity index (χ4n) is 2.53. The van der Waals surface area contributed by atoms with Crippen molar-refractivity contribution in [2.45, 2.75) is 5.60 Å². The molecule has 5 nitrogen and oxygen atoms in total. The molecule has 2 aliphatic heterocycles. The second-order valence-corrected chi connectivity index (χ2v) is 5.21. The topological polar surface area (TPSA) is 41.5 Å². The van der Waals surface area contributed by atoms with Crippen molar-refractivity contribution in [2.24, 2.45) is 0 Å². The Labute approximate surface area is 105 Å². The third kappa shape index (κ3) is 2.10. The van der Waals surface area contributed by atoms with Crippen LogP contribution in [0.1, 0.15) is 0 Å². The summed E-state index contributed by atoms with van der Waals surface area (Å²) in [5, 5.41) is 0.484. The molecule has 3 rings (SSSR count). The Balaban J connectivity index is 1.68. The van der Waals surface area contributed by atoms with Crippen molar-refractivity contribution in [3.63, 3.8) is 0 Å². The van der Waals surface area contributed by atoms with E-state index in [-0.39, 0.29) is 5.60 Å². The van der Waals surface area contributed by atoms with Crippen LogP contribution in [0.2, 0.25) is 5.15 Å². The van der Waals surface area contributed by atoms with Crippen LogP contribution in [-0.2, 0) is 4.74 Å². The van der Waals surface area contributed by atoms with Gasteiger partial charge in [-0.1, -0.05) is 11.6 Å². The molecule has 0 unspecified atom stereocenters. The van der Waals surface area contributed by atoms with E-state index < -0.39 is 0 Å². The number of ether oxygens (including phenoxy) is 1. The van der Waals surface area contributed by atoms with Gasteiger partial charge in [0.15, 0.2) is 0 Å². The maximum atomic E-state index is 5.89. The minimum atomic E-state index is -0.00950. The molecule has 0 aromatic carbocycles. The lowest BCUT2D eigenvalue weighted by molar-refractivity contribution is -0.117. The number of rotatable bonds is 1. The normalized spacial score (nSPS) is 23.8. The molecule has 0 aliphatic carbocycles. The number of nitrogens with zero attached hydrogens (tertiary/aromatic N) is 4. The average Bonchev–Trinajstić information content (AvgIpc) is 2.25. The van der Waals surface area contributed by atoms with E-state index in [1.807, 2.05) is 0 Å². The highest BCUT2D eigenvalue weighted by Crippen LogP contribution is 2.32. The monoisotopic (exact) mass is 254 g/mol. The van der Waals surface area contributed by atoms with E-state index in [4.69, 9.17) is 16.3 Å². The summed E-state index contributed by atoms with van der Waals surface area (Å²) >= 11 is 5.85. The molecule has 0 atom stereocenters. The van der Waals surface area contributed by atoms with E-state index in [9.17, 15) is 0 Å². The van der Waals surface area contributed by atoms with Gasteiger partial charge >= 0.3 is 0 Å². The van der Waals surface area contributed by atoms with Gasteiger partial charge in [-0.2, -0.15) is 0 Å². The predicted molar refractivity (Wildman–Crippen MR) is 65.4 cm³/mol. The molecule has 17 heavy (non-hydrogen) atoms. The molecule has 6 heteroatoms. The molecule has 3 heterocycles. The minimum absolute atomic E-state index is 0.00950. The van der Waals surface area contributed by atoms with Crippen LogP contribution >= 0.6 is 11.6 Å². The first-order valence-corrected chi connectivity index (χ1v) is 6.10. The highest BCUT2D eigenvalue weighted by molar-refractivity contribution is 6.29. The Morgan fingerprint density at radius 1 is 1.35 bits per heavy atom. The maximum absolute atomic E-state index is 5.89. The molecule has 0 N–H and O–H groups in total. The summed E-state index contributed by atoms with van der Waals surface area (Å²) in [7, 11) is 2.13. The Kier molecular flexibility index (Phi) is 2.69. The van der Waals surface area contributed by atoms with Gasteiger partial charge in [0.25, 0.3) is 0 Å². The lowest BCUT2D eigenvalue weighted by Crippen LogP contribution is -2.70. The zero-order chi connectivity index (χ0) is 11.9. The largest absolute Gasteiger partial charge is 0.369 e. The van der Waals surface area contributed by atoms with Crippen LogP contribution in [0.25, 0.3) is 0 Å². The molecular formula is C11H15ClN4O. The first-order valence-electron chi connectivity index (χ1n) is 5.72. The van der Waals surface area contributed by atoms with Gasteiger partial charge in [0.05, 0.1) is 19.7 Å². The van der Waals surface area contributed by atoms with E-state index >= 15 is 0 Å². The van der Waals surface area contributed by atoms with Crippen molar-refractivity contribution in [3.8, 4) is 0 Å². The lowest BCUT2D eigenvalue weighted by Gasteiger charge is -2.53. The highest BCUT2D eigenvalue weighted by Gasteiger charge is 2.47. The number of likely N-dealkylation sites (N-methyl/N-ethyl adjacent to an activating group) is 1. The number of aromatic nitrogens is 2. The number of hydrogen-bond donors (Lipinski definition) is 0. The second kappa shape index (κ2) is 4.08. The van der Waals surface area contributed by atoms with Gasteiger partial charge in [-0.15, -0.1) is 0 Å². The predicted octanol–water partition coefficient (Wildman–Crippen LogP) is 0.651. The Morgan fingerprint density at radius 3 is 2.88 bits per heavy atom. The fraction of sp³-hybridized carbons (Fsp3) is 0.636. The van der Waals surface area contributed by atoms with Crippen molar-refractivity contribution in [3.05, 3.63) is 17.5 Å². The van der Waals surface area contributed by atoms with Gasteiger partial charge < -0.3 is 14.5 Å². The van der Waals surface area contributed by atoms with Gasteiger partial charge in [-0.3, -0.25) is 0 Å². The SMILES string of the molecule is CN1CCOC2(C1)CN(c1cc(Cl)ncn1)C2. The fourth-order valence-corrected chi connectivity index (χ4v) is 2.68. The lowest BCUT2D eigenvalue weighted by atomic mass is 9.92. The van der Waals surface area contributed by atoms with Crippen LogP contribution in [0.15, 0.2) is 12.4 Å². The van der Waals surface area contributed by atoms with E-state index in [1.165, 1.54) is 6.33 Å². The van der Waals surface area contributed by atoms with E-state index in [2.05, 4.69) is 26.8 Å². The highest BCUT2D eigenvalue weighted by atomic mass is 35.5. The molecule has 92 valence electrons. The zero-order valence-electron chi connectivity index (χ0n) is 9.77. The van der Waals surface area contributed by atoms with E-state index in [0.717, 1.165) is 38.6 Å². The standard InChI is InChI=1S/C11H15ClN4O/c1-15-2-3-17-11(5-15)6-16(7-11)10-4-9(12)13-8-14-10/h4,8H,2-3,5-7H2,1H3. The van der Waals surface area contributed by atoms with Gasteiger partial charge in [-0.05, 0) is 7.05 Å². The van der Waals surface area contributed by atoms with Crippen LogP contribution in [0.3, 0.4) is 0 Å². The number of morpholine rings is 1. The van der Waals surface area contributed by atoms with Crippen molar-refractivity contribution in [1.29, 1.82) is 0 Å². The summed E-state index contributed by atoms with van der Waals surface area (Å²) < 4.78 is 5.89. The number of hydrogen-bond acceptors (Lipinski definition) is 5. The number of anilines is 1. The van der Waals surface area contributed by atoms with E-state index in [1.54, 1.807) is 6.07 Å². The minimum Gasteiger partial charge on any atom is -0.369 e. The Hall–Kier alpha value is -0.910. The molecule has 1 aromatic heterocycles. The second-order valence-electron chi connectivity index (χ2n) is 4.82. The summed E-state index contributed by atoms with van der Waals surface area (Å²) in [6, 6.07) is 1.79. The summed E-state index contributed by atoms with van der Waals surface area (Å²) in [6.07, 6.45) is 1.50. The van der Waals surface area contributed by atoms with Crippen molar-refractivity contribution >= 4 is 17.4 Å². The molecule has 2 fully saturated rings. The molecule has 2 saturated heterocycles. The van der Waals surface area contributed by atoms with Crippen molar-refractivity contribution in [1.82, 2.24) is 14.9 Å². The summed E-state index contributed by atoms with van der Waals surface area (Å²) in [5.41, 5.74) is -0.00950. The van der Waals surface area contributed by atoms with Gasteiger partial charge in [0, 0.05) is 19.2 Å². The smallest absolute Gasteiger partial charge is 0.134 e. The van der Waals surface area contributed by atoms with Gasteiger partial charge in [-0.25, -0.2) is 9.97 Å². The quantitative estimate of drug-likeness (QED) is 0.689. The maximum Gasteiger partial charge on any atom is 0.134 e. The van der Waals surface area contributed by atoms with Crippen LogP contribution in [0.5, 0.6) is 0 Å². The molecule has 0 saturated carbocycles. The van der Waals surface area contributed by atoms with Crippen LogP contribution in [-0.4, -0.2) is 60.3 Å². The molecule has 0 amide bonds. The van der Waals surface area contributed by atoms with Gasteiger partial charge in [0.2, 0.25) is 0 Å². The first-order chi connectivity index (χ1) is 8.17. The van der Waals surface area contributed by atoms with E-state index in [0.29, 0.717) is 5.15 Å². The summed E-state index contributed by atoms with van der Waals surface area (Å²) in [4.78, 5) is 12.6. The molecule has 0 bridgehead atoms. The molecule has 1 spiro atoms. The number of halogens is 1. The third-order valence-corrected chi connectivity index (χ3v) is 3.55. The summed E-state index contributed by atoms with van der Waals surface area (Å²) in [5.74, 6) is 0.882. The molecule has 2 aliphatic rings. The first kappa shape index (κ1) is 11.2. The van der Waals surface area contributed by atoms with Crippen LogP contribution in [0.4, 0.5) is 5.82 Å². The third-order valence-electron chi connectivity index (χ3n) is 3.34. The Morgan fingerprint density at radius 2 is 2.18 bits per heavy atom. The molecule has 1 aromatic rings. The Bertz CT molecular complexity index is 422. The summed E-state index contributed by atoms with van der Waals surface area (Å²) in [6.45, 7) is 4.58.